The monoisotopic (exact) mass is 300 g/mol. The minimum atomic E-state index is -0.199. The van der Waals surface area contributed by atoms with Crippen molar-refractivity contribution in [2.75, 3.05) is 19.6 Å². The molecule has 0 aliphatic heterocycles. The molecule has 0 aliphatic carbocycles. The van der Waals surface area contributed by atoms with Crippen LogP contribution in [-0.2, 0) is 11.3 Å². The Balaban J connectivity index is 2.43. The number of nitrogens with one attached hydrogen (secondary N) is 2. The number of carbonyl (C=O) groups is 1. The van der Waals surface area contributed by atoms with Gasteiger partial charge in [-0.15, -0.1) is 5.10 Å². The summed E-state index contributed by atoms with van der Waals surface area (Å²) in [6.07, 6.45) is 2.04. The van der Waals surface area contributed by atoms with E-state index in [-0.39, 0.29) is 11.2 Å². The molecule has 0 aliphatic rings. The Morgan fingerprint density at radius 3 is 2.75 bits per heavy atom. The third-order valence-electron chi connectivity index (χ3n) is 2.63. The van der Waals surface area contributed by atoms with E-state index in [1.807, 2.05) is 13.8 Å². The van der Waals surface area contributed by atoms with Crippen molar-refractivity contribution in [2.45, 2.75) is 50.6 Å². The van der Waals surface area contributed by atoms with Crippen LogP contribution in [0.4, 0.5) is 0 Å². The van der Waals surface area contributed by atoms with Crippen LogP contribution in [0.3, 0.4) is 0 Å². The zero-order valence-corrected chi connectivity index (χ0v) is 13.2. The van der Waals surface area contributed by atoms with E-state index in [4.69, 9.17) is 0 Å². The molecule has 2 N–H and O–H groups in total. The van der Waals surface area contributed by atoms with Crippen LogP contribution < -0.4 is 10.6 Å². The molecule has 1 atom stereocenters. The lowest BCUT2D eigenvalue weighted by Crippen LogP contribution is -2.31. The molecule has 0 bridgehead atoms. The number of amides is 1. The van der Waals surface area contributed by atoms with Crippen molar-refractivity contribution < 1.29 is 4.79 Å². The summed E-state index contributed by atoms with van der Waals surface area (Å²) in [5.41, 5.74) is 0. The van der Waals surface area contributed by atoms with Gasteiger partial charge in [0, 0.05) is 13.1 Å². The zero-order chi connectivity index (χ0) is 14.8. The van der Waals surface area contributed by atoms with Gasteiger partial charge in [0.05, 0.1) is 11.8 Å². The van der Waals surface area contributed by atoms with E-state index in [9.17, 15) is 4.79 Å². The summed E-state index contributed by atoms with van der Waals surface area (Å²) >= 11 is 1.39. The summed E-state index contributed by atoms with van der Waals surface area (Å²) in [5, 5.41) is 18.3. The van der Waals surface area contributed by atoms with Crippen LogP contribution >= 0.6 is 11.8 Å². The number of tetrazole rings is 1. The van der Waals surface area contributed by atoms with Gasteiger partial charge in [0.25, 0.3) is 0 Å². The molecule has 0 radical (unpaired) electrons. The fourth-order valence-corrected chi connectivity index (χ4v) is 2.35. The normalized spacial score (nSPS) is 12.3. The maximum atomic E-state index is 11.8. The van der Waals surface area contributed by atoms with E-state index in [1.54, 1.807) is 4.68 Å². The van der Waals surface area contributed by atoms with Crippen molar-refractivity contribution in [1.82, 2.24) is 30.8 Å². The van der Waals surface area contributed by atoms with Gasteiger partial charge in [-0.3, -0.25) is 4.79 Å². The largest absolute Gasteiger partial charge is 0.355 e. The van der Waals surface area contributed by atoms with E-state index in [2.05, 4.69) is 33.1 Å². The Kier molecular flexibility index (Phi) is 8.20. The molecule has 1 aromatic heterocycles. The van der Waals surface area contributed by atoms with Gasteiger partial charge in [-0.1, -0.05) is 25.6 Å². The Hall–Kier alpha value is -1.15. The van der Waals surface area contributed by atoms with Gasteiger partial charge in [0.2, 0.25) is 11.1 Å². The molecule has 1 rings (SSSR count). The molecule has 20 heavy (non-hydrogen) atoms. The number of nitrogens with zero attached hydrogens (tertiary/aromatic N) is 4. The highest BCUT2D eigenvalue weighted by Crippen LogP contribution is 2.19. The molecule has 0 aromatic carbocycles. The van der Waals surface area contributed by atoms with Crippen LogP contribution in [0, 0.1) is 0 Å². The molecule has 0 saturated carbocycles. The van der Waals surface area contributed by atoms with E-state index in [0.717, 1.165) is 25.9 Å². The molecule has 8 heteroatoms. The first-order chi connectivity index (χ1) is 9.69. The van der Waals surface area contributed by atoms with Gasteiger partial charge in [-0.05, 0) is 36.7 Å². The van der Waals surface area contributed by atoms with Crippen molar-refractivity contribution >= 4 is 17.7 Å². The molecule has 1 unspecified atom stereocenters. The molecule has 114 valence electrons. The Morgan fingerprint density at radius 2 is 2.05 bits per heavy atom. The van der Waals surface area contributed by atoms with Gasteiger partial charge in [0.15, 0.2) is 0 Å². The van der Waals surface area contributed by atoms with Gasteiger partial charge in [-0.2, -0.15) is 0 Å². The second kappa shape index (κ2) is 9.71. The summed E-state index contributed by atoms with van der Waals surface area (Å²) in [6.45, 7) is 9.24. The molecule has 7 nitrogen and oxygen atoms in total. The molecule has 0 saturated heterocycles. The fourth-order valence-electron chi connectivity index (χ4n) is 1.51. The summed E-state index contributed by atoms with van der Waals surface area (Å²) in [7, 11) is 0. The molecule has 0 spiro atoms. The predicted molar refractivity (Wildman–Crippen MR) is 79.6 cm³/mol. The SMILES string of the molecule is CCCNCCn1nnnc1SC(C)C(=O)NCCC. The van der Waals surface area contributed by atoms with Gasteiger partial charge >= 0.3 is 0 Å². The minimum absolute atomic E-state index is 0.0236. The highest BCUT2D eigenvalue weighted by atomic mass is 32.2. The summed E-state index contributed by atoms with van der Waals surface area (Å²) < 4.78 is 1.73. The minimum Gasteiger partial charge on any atom is -0.355 e. The lowest BCUT2D eigenvalue weighted by atomic mass is 10.4. The first kappa shape index (κ1) is 16.9. The van der Waals surface area contributed by atoms with Crippen molar-refractivity contribution in [2.24, 2.45) is 0 Å². The van der Waals surface area contributed by atoms with Crippen molar-refractivity contribution in [1.29, 1.82) is 0 Å². The molecule has 0 fully saturated rings. The third-order valence-corrected chi connectivity index (χ3v) is 3.70. The topological polar surface area (TPSA) is 84.7 Å². The van der Waals surface area contributed by atoms with Crippen LogP contribution in [0.2, 0.25) is 0 Å². The highest BCUT2D eigenvalue weighted by molar-refractivity contribution is 8.00. The van der Waals surface area contributed by atoms with Crippen LogP contribution in [-0.4, -0.2) is 51.0 Å². The second-order valence-electron chi connectivity index (χ2n) is 4.49. The average molecular weight is 300 g/mol. The number of carbonyl (C=O) groups excluding carboxylic acids is 1. The van der Waals surface area contributed by atoms with Crippen molar-refractivity contribution in [3.8, 4) is 0 Å². The van der Waals surface area contributed by atoms with Gasteiger partial charge in [-0.25, -0.2) is 4.68 Å². The number of hydrogen-bond donors (Lipinski definition) is 2. The van der Waals surface area contributed by atoms with Crippen LogP contribution in [0.5, 0.6) is 0 Å². The smallest absolute Gasteiger partial charge is 0.233 e. The lowest BCUT2D eigenvalue weighted by Gasteiger charge is -2.11. The number of hydrogen-bond acceptors (Lipinski definition) is 6. The second-order valence-corrected chi connectivity index (χ2v) is 5.79. The van der Waals surface area contributed by atoms with E-state index in [1.165, 1.54) is 11.8 Å². The first-order valence-electron chi connectivity index (χ1n) is 7.10. The average Bonchev–Trinajstić information content (AvgIpc) is 2.88. The molecule has 1 amide bonds. The third kappa shape index (κ3) is 5.87. The lowest BCUT2D eigenvalue weighted by molar-refractivity contribution is -0.120. The Labute approximate surface area is 124 Å². The number of aromatic nitrogens is 4. The molecule has 1 aromatic rings. The summed E-state index contributed by atoms with van der Waals surface area (Å²) in [4.78, 5) is 11.8. The quantitative estimate of drug-likeness (QED) is 0.488. The number of thioether (sulfide) groups is 1. The number of rotatable bonds is 10. The summed E-state index contributed by atoms with van der Waals surface area (Å²) in [6, 6.07) is 0. The maximum Gasteiger partial charge on any atom is 0.233 e. The molecule has 1 heterocycles. The Morgan fingerprint density at radius 1 is 1.30 bits per heavy atom. The summed E-state index contributed by atoms with van der Waals surface area (Å²) in [5.74, 6) is 0.0236. The van der Waals surface area contributed by atoms with Crippen molar-refractivity contribution in [3.05, 3.63) is 0 Å². The van der Waals surface area contributed by atoms with Crippen LogP contribution in [0.1, 0.15) is 33.6 Å². The Bertz CT molecular complexity index is 397. The highest BCUT2D eigenvalue weighted by Gasteiger charge is 2.17. The van der Waals surface area contributed by atoms with Gasteiger partial charge < -0.3 is 10.6 Å². The van der Waals surface area contributed by atoms with E-state index >= 15 is 0 Å². The molecular weight excluding hydrogens is 276 g/mol. The first-order valence-corrected chi connectivity index (χ1v) is 7.98. The fraction of sp³-hybridized carbons (Fsp3) is 0.833. The van der Waals surface area contributed by atoms with E-state index < -0.39 is 0 Å². The maximum absolute atomic E-state index is 11.8. The molecular formula is C12H24N6OS. The van der Waals surface area contributed by atoms with Gasteiger partial charge in [0.1, 0.15) is 0 Å². The van der Waals surface area contributed by atoms with Crippen LogP contribution in [0.25, 0.3) is 0 Å². The standard InChI is InChI=1S/C12H24N6OS/c1-4-6-13-8-9-18-12(15-16-17-18)20-10(3)11(19)14-7-5-2/h10,13H,4-9H2,1-3H3,(H,14,19). The predicted octanol–water partition coefficient (Wildman–Crippen LogP) is 0.680. The van der Waals surface area contributed by atoms with Crippen molar-refractivity contribution in [3.63, 3.8) is 0 Å². The zero-order valence-electron chi connectivity index (χ0n) is 12.4. The van der Waals surface area contributed by atoms with E-state index in [0.29, 0.717) is 18.2 Å². The van der Waals surface area contributed by atoms with Crippen LogP contribution in [0.15, 0.2) is 5.16 Å².